The lowest BCUT2D eigenvalue weighted by Gasteiger charge is -2.03. The molecule has 0 spiro atoms. The molecule has 0 aliphatic carbocycles. The summed E-state index contributed by atoms with van der Waals surface area (Å²) in [7, 11) is 0. The van der Waals surface area contributed by atoms with Gasteiger partial charge in [0, 0.05) is 18.4 Å². The largest absolute Gasteiger partial charge is 0.319 e. The van der Waals surface area contributed by atoms with Crippen molar-refractivity contribution in [3.05, 3.63) is 74.9 Å². The number of aromatic nitrogens is 2. The molecule has 8 heteroatoms. The SMILES string of the molecule is O=C(CCc1nc2ccccc2[nH]c1=O)N/N=C\c1c(F)cccc1Cl. The molecule has 1 heterocycles. The summed E-state index contributed by atoms with van der Waals surface area (Å²) in [6, 6.07) is 11.4. The fourth-order valence-electron chi connectivity index (χ4n) is 2.33. The van der Waals surface area contributed by atoms with Crippen LogP contribution < -0.4 is 11.0 Å². The Morgan fingerprint density at radius 3 is 2.88 bits per heavy atom. The van der Waals surface area contributed by atoms with Crippen LogP contribution in [0.3, 0.4) is 0 Å². The smallest absolute Gasteiger partial charge is 0.270 e. The van der Waals surface area contributed by atoms with Gasteiger partial charge < -0.3 is 4.98 Å². The Kier molecular flexibility index (Phi) is 5.38. The van der Waals surface area contributed by atoms with Gasteiger partial charge in [-0.1, -0.05) is 29.8 Å². The number of carbonyl (C=O) groups excluding carboxylic acids is 1. The molecule has 0 saturated carbocycles. The van der Waals surface area contributed by atoms with Gasteiger partial charge in [0.1, 0.15) is 11.5 Å². The first-order chi connectivity index (χ1) is 12.5. The fourth-order valence-corrected chi connectivity index (χ4v) is 2.54. The maximum Gasteiger partial charge on any atom is 0.270 e. The van der Waals surface area contributed by atoms with Crippen molar-refractivity contribution in [2.45, 2.75) is 12.8 Å². The second-order valence-corrected chi connectivity index (χ2v) is 5.87. The predicted molar refractivity (Wildman–Crippen MR) is 97.8 cm³/mol. The topological polar surface area (TPSA) is 87.2 Å². The van der Waals surface area contributed by atoms with Gasteiger partial charge in [-0.05, 0) is 24.3 Å². The second kappa shape index (κ2) is 7.88. The van der Waals surface area contributed by atoms with Gasteiger partial charge in [0.25, 0.3) is 5.56 Å². The van der Waals surface area contributed by atoms with Gasteiger partial charge >= 0.3 is 0 Å². The van der Waals surface area contributed by atoms with Crippen molar-refractivity contribution in [3.63, 3.8) is 0 Å². The lowest BCUT2D eigenvalue weighted by molar-refractivity contribution is -0.121. The van der Waals surface area contributed by atoms with Crippen LogP contribution >= 0.6 is 11.6 Å². The number of aromatic amines is 1. The number of nitrogens with one attached hydrogen (secondary N) is 2. The highest BCUT2D eigenvalue weighted by atomic mass is 35.5. The first-order valence-electron chi connectivity index (χ1n) is 7.78. The van der Waals surface area contributed by atoms with E-state index in [0.29, 0.717) is 11.0 Å². The number of amides is 1. The van der Waals surface area contributed by atoms with Crippen LogP contribution in [-0.2, 0) is 11.2 Å². The van der Waals surface area contributed by atoms with Crippen LogP contribution in [0, 0.1) is 5.82 Å². The van der Waals surface area contributed by atoms with E-state index in [0.717, 1.165) is 6.21 Å². The summed E-state index contributed by atoms with van der Waals surface area (Å²) in [5, 5.41) is 3.88. The van der Waals surface area contributed by atoms with Gasteiger partial charge in [-0.3, -0.25) is 9.59 Å². The van der Waals surface area contributed by atoms with Gasteiger partial charge in [0.05, 0.1) is 22.3 Å². The molecule has 132 valence electrons. The Morgan fingerprint density at radius 2 is 2.08 bits per heavy atom. The van der Waals surface area contributed by atoms with Gasteiger partial charge in [0.15, 0.2) is 0 Å². The molecule has 0 atom stereocenters. The van der Waals surface area contributed by atoms with E-state index in [2.05, 4.69) is 20.5 Å². The summed E-state index contributed by atoms with van der Waals surface area (Å²) in [6.07, 6.45) is 1.30. The van der Waals surface area contributed by atoms with Crippen LogP contribution in [0.5, 0.6) is 0 Å². The number of carbonyl (C=O) groups is 1. The average molecular weight is 373 g/mol. The number of hydrogen-bond donors (Lipinski definition) is 2. The third-order valence-electron chi connectivity index (χ3n) is 3.64. The minimum Gasteiger partial charge on any atom is -0.319 e. The van der Waals surface area contributed by atoms with E-state index in [9.17, 15) is 14.0 Å². The van der Waals surface area contributed by atoms with Crippen molar-refractivity contribution in [1.29, 1.82) is 0 Å². The lowest BCUT2D eigenvalue weighted by Crippen LogP contribution is -2.21. The van der Waals surface area contributed by atoms with Crippen LogP contribution in [0.15, 0.2) is 52.4 Å². The second-order valence-electron chi connectivity index (χ2n) is 5.46. The quantitative estimate of drug-likeness (QED) is 0.533. The number of benzene rings is 2. The number of hydrazone groups is 1. The molecular formula is C18H14ClFN4O2. The van der Waals surface area contributed by atoms with Crippen molar-refractivity contribution < 1.29 is 9.18 Å². The number of para-hydroxylation sites is 2. The molecule has 1 aromatic heterocycles. The van der Waals surface area contributed by atoms with Crippen LogP contribution in [0.2, 0.25) is 5.02 Å². The van der Waals surface area contributed by atoms with Crippen molar-refractivity contribution in [2.24, 2.45) is 5.10 Å². The first-order valence-corrected chi connectivity index (χ1v) is 8.16. The number of hydrogen-bond acceptors (Lipinski definition) is 4. The number of rotatable bonds is 5. The molecule has 0 bridgehead atoms. The Hall–Kier alpha value is -3.06. The van der Waals surface area contributed by atoms with E-state index < -0.39 is 11.7 Å². The number of H-pyrrole nitrogens is 1. The maximum atomic E-state index is 13.6. The Bertz CT molecular complexity index is 1030. The molecule has 0 unspecified atom stereocenters. The first kappa shape index (κ1) is 17.8. The molecule has 3 rings (SSSR count). The molecule has 0 aliphatic heterocycles. The Labute approximate surface area is 152 Å². The Morgan fingerprint density at radius 1 is 1.27 bits per heavy atom. The minimum atomic E-state index is -0.539. The van der Waals surface area contributed by atoms with Crippen LogP contribution in [0.25, 0.3) is 11.0 Å². The van der Waals surface area contributed by atoms with Gasteiger partial charge in [0.2, 0.25) is 5.91 Å². The van der Waals surface area contributed by atoms with Gasteiger partial charge in [-0.25, -0.2) is 14.8 Å². The third-order valence-corrected chi connectivity index (χ3v) is 3.97. The van der Waals surface area contributed by atoms with Crippen molar-refractivity contribution >= 4 is 34.8 Å². The number of nitrogens with zero attached hydrogens (tertiary/aromatic N) is 2. The molecule has 6 nitrogen and oxygen atoms in total. The predicted octanol–water partition coefficient (Wildman–Crippen LogP) is 2.80. The summed E-state index contributed by atoms with van der Waals surface area (Å²) in [5.41, 5.74) is 3.58. The van der Waals surface area contributed by atoms with E-state index in [1.165, 1.54) is 18.2 Å². The number of aryl methyl sites for hydroxylation is 1. The molecular weight excluding hydrogens is 359 g/mol. The number of fused-ring (bicyclic) bond motifs is 1. The van der Waals surface area contributed by atoms with E-state index in [4.69, 9.17) is 11.6 Å². The van der Waals surface area contributed by atoms with Crippen molar-refractivity contribution in [3.8, 4) is 0 Å². The highest BCUT2D eigenvalue weighted by Crippen LogP contribution is 2.16. The molecule has 26 heavy (non-hydrogen) atoms. The van der Waals surface area contributed by atoms with Gasteiger partial charge in [-0.2, -0.15) is 5.10 Å². The highest BCUT2D eigenvalue weighted by Gasteiger charge is 2.08. The zero-order valence-corrected chi connectivity index (χ0v) is 14.3. The van der Waals surface area contributed by atoms with Gasteiger partial charge in [-0.15, -0.1) is 0 Å². The molecule has 0 fully saturated rings. The average Bonchev–Trinajstić information content (AvgIpc) is 2.62. The van der Waals surface area contributed by atoms with Crippen molar-refractivity contribution in [2.75, 3.05) is 0 Å². The summed E-state index contributed by atoms with van der Waals surface area (Å²) >= 11 is 5.86. The highest BCUT2D eigenvalue weighted by molar-refractivity contribution is 6.33. The van der Waals surface area contributed by atoms with E-state index in [1.807, 2.05) is 6.07 Å². The normalized spacial score (nSPS) is 11.2. The summed E-state index contributed by atoms with van der Waals surface area (Å²) < 4.78 is 13.6. The zero-order chi connectivity index (χ0) is 18.5. The molecule has 1 amide bonds. The van der Waals surface area contributed by atoms with E-state index >= 15 is 0 Å². The fraction of sp³-hybridized carbons (Fsp3) is 0.111. The van der Waals surface area contributed by atoms with Crippen LogP contribution in [0.1, 0.15) is 17.7 Å². The lowest BCUT2D eigenvalue weighted by atomic mass is 10.2. The zero-order valence-electron chi connectivity index (χ0n) is 13.5. The van der Waals surface area contributed by atoms with Crippen LogP contribution in [-0.4, -0.2) is 22.1 Å². The summed E-state index contributed by atoms with van der Waals surface area (Å²) in [5.74, 6) is -0.967. The standard InChI is InChI=1S/C18H14ClFN4O2/c19-12-4-3-5-13(20)11(12)10-21-24-17(25)9-8-16-18(26)23-15-7-2-1-6-14(15)22-16/h1-7,10H,8-9H2,(H,23,26)(H,24,25)/b21-10-. The minimum absolute atomic E-state index is 0.0107. The molecule has 2 N–H and O–H groups in total. The maximum absolute atomic E-state index is 13.6. The van der Waals surface area contributed by atoms with E-state index in [-0.39, 0.29) is 34.7 Å². The monoisotopic (exact) mass is 372 g/mol. The molecule has 0 aliphatic rings. The number of halogens is 2. The van der Waals surface area contributed by atoms with Crippen LogP contribution in [0.4, 0.5) is 4.39 Å². The van der Waals surface area contributed by atoms with Crippen molar-refractivity contribution in [1.82, 2.24) is 15.4 Å². The Balaban J connectivity index is 1.62. The molecule has 0 saturated heterocycles. The summed E-state index contributed by atoms with van der Waals surface area (Å²) in [4.78, 5) is 30.8. The summed E-state index contributed by atoms with van der Waals surface area (Å²) in [6.45, 7) is 0. The third kappa shape index (κ3) is 4.12. The molecule has 3 aromatic rings. The molecule has 0 radical (unpaired) electrons. The molecule has 2 aromatic carbocycles. The van der Waals surface area contributed by atoms with E-state index in [1.54, 1.807) is 18.2 Å².